The summed E-state index contributed by atoms with van der Waals surface area (Å²) in [5.74, 6) is -1.45. The van der Waals surface area contributed by atoms with Crippen molar-refractivity contribution >= 4 is 29.4 Å². The van der Waals surface area contributed by atoms with E-state index in [1.807, 2.05) is 0 Å². The third-order valence-corrected chi connectivity index (χ3v) is 3.88. The predicted octanol–water partition coefficient (Wildman–Crippen LogP) is 1.98. The van der Waals surface area contributed by atoms with Crippen LogP contribution in [0.25, 0.3) is 5.70 Å². The maximum atomic E-state index is 12.4. The summed E-state index contributed by atoms with van der Waals surface area (Å²) in [7, 11) is 0. The number of esters is 1. The van der Waals surface area contributed by atoms with Crippen LogP contribution in [-0.2, 0) is 14.3 Å². The highest BCUT2D eigenvalue weighted by atomic mass is 16.5. The summed E-state index contributed by atoms with van der Waals surface area (Å²) in [6, 6.07) is 8.50. The van der Waals surface area contributed by atoms with E-state index in [1.165, 1.54) is 17.9 Å². The number of aryl methyl sites for hydroxylation is 1. The molecule has 0 aliphatic carbocycles. The Morgan fingerprint density at radius 3 is 2.65 bits per heavy atom. The molecule has 1 atom stereocenters. The number of hydrogen-bond donors (Lipinski definition) is 1. The summed E-state index contributed by atoms with van der Waals surface area (Å²) < 4.78 is 9.98. The van der Waals surface area contributed by atoms with Crippen molar-refractivity contribution in [1.82, 2.24) is 10.1 Å². The fourth-order valence-corrected chi connectivity index (χ4v) is 2.56. The van der Waals surface area contributed by atoms with E-state index < -0.39 is 18.0 Å². The average molecular weight is 355 g/mol. The van der Waals surface area contributed by atoms with E-state index in [4.69, 9.17) is 9.26 Å². The van der Waals surface area contributed by atoms with E-state index in [1.54, 1.807) is 31.2 Å². The molecule has 1 aromatic heterocycles. The minimum atomic E-state index is -1.07. The zero-order chi connectivity index (χ0) is 18.8. The molecule has 2 amide bonds. The lowest BCUT2D eigenvalue weighted by Crippen LogP contribution is -2.35. The molecule has 0 radical (unpaired) electrons. The van der Waals surface area contributed by atoms with Crippen LogP contribution in [0.5, 0.6) is 0 Å². The maximum Gasteiger partial charge on any atom is 0.326 e. The molecule has 26 heavy (non-hydrogen) atoms. The second kappa shape index (κ2) is 6.83. The molecule has 0 bridgehead atoms. The largest absolute Gasteiger partial charge is 0.451 e. The number of ether oxygens (including phenoxy) is 1. The number of amides is 2. The fraction of sp³-hybridized carbons (Fsp3) is 0.222. The van der Waals surface area contributed by atoms with Gasteiger partial charge in [-0.15, -0.1) is 0 Å². The van der Waals surface area contributed by atoms with Gasteiger partial charge < -0.3 is 9.26 Å². The minimum absolute atomic E-state index is 0.161. The summed E-state index contributed by atoms with van der Waals surface area (Å²) in [5.41, 5.74) is 2.20. The van der Waals surface area contributed by atoms with Gasteiger partial charge in [-0.2, -0.15) is 0 Å². The van der Waals surface area contributed by atoms with Gasteiger partial charge in [0.05, 0.1) is 5.69 Å². The molecule has 134 valence electrons. The number of anilines is 1. The molecular formula is C18H17N3O5. The maximum absolute atomic E-state index is 12.4. The summed E-state index contributed by atoms with van der Waals surface area (Å²) in [5, 5.41) is 6.09. The monoisotopic (exact) mass is 355 g/mol. The molecule has 1 N–H and O–H groups in total. The Bertz CT molecular complexity index is 867. The van der Waals surface area contributed by atoms with Crippen molar-refractivity contribution in [3.05, 3.63) is 53.7 Å². The van der Waals surface area contributed by atoms with Crippen molar-refractivity contribution in [1.29, 1.82) is 0 Å². The van der Waals surface area contributed by atoms with E-state index in [0.29, 0.717) is 22.5 Å². The first kappa shape index (κ1) is 17.4. The van der Waals surface area contributed by atoms with Crippen LogP contribution in [0.3, 0.4) is 0 Å². The fourth-order valence-electron chi connectivity index (χ4n) is 2.56. The molecule has 2 heterocycles. The molecule has 1 aliphatic rings. The molecule has 1 unspecified atom stereocenters. The lowest BCUT2D eigenvalue weighted by atomic mass is 10.1. The first-order chi connectivity index (χ1) is 12.4. The van der Waals surface area contributed by atoms with Crippen molar-refractivity contribution in [2.45, 2.75) is 20.0 Å². The summed E-state index contributed by atoms with van der Waals surface area (Å²) in [4.78, 5) is 37.8. The van der Waals surface area contributed by atoms with Gasteiger partial charge in [0.1, 0.15) is 6.54 Å². The van der Waals surface area contributed by atoms with Gasteiger partial charge in [0.2, 0.25) is 5.88 Å². The lowest BCUT2D eigenvalue weighted by Gasteiger charge is -2.18. The van der Waals surface area contributed by atoms with Crippen LogP contribution < -0.4 is 5.32 Å². The summed E-state index contributed by atoms with van der Waals surface area (Å²) in [6.07, 6.45) is -1.07. The highest BCUT2D eigenvalue weighted by Crippen LogP contribution is 2.30. The smallest absolute Gasteiger partial charge is 0.326 e. The summed E-state index contributed by atoms with van der Waals surface area (Å²) >= 11 is 0. The second-order valence-corrected chi connectivity index (χ2v) is 5.84. The van der Waals surface area contributed by atoms with Gasteiger partial charge in [0.15, 0.2) is 6.10 Å². The molecule has 0 fully saturated rings. The lowest BCUT2D eigenvalue weighted by molar-refractivity contribution is -0.153. The molecule has 2 aromatic rings. The van der Waals surface area contributed by atoms with Crippen molar-refractivity contribution in [2.75, 3.05) is 11.9 Å². The predicted molar refractivity (Wildman–Crippen MR) is 91.9 cm³/mol. The number of fused-ring (bicyclic) bond motifs is 1. The highest BCUT2D eigenvalue weighted by molar-refractivity contribution is 6.10. The Balaban J connectivity index is 1.58. The first-order valence-electron chi connectivity index (χ1n) is 7.90. The van der Waals surface area contributed by atoms with Crippen molar-refractivity contribution < 1.29 is 23.6 Å². The number of hydrogen-bond acceptors (Lipinski definition) is 6. The number of rotatable bonds is 5. The van der Waals surface area contributed by atoms with Gasteiger partial charge in [0, 0.05) is 22.9 Å². The molecule has 1 aromatic carbocycles. The Morgan fingerprint density at radius 2 is 2.04 bits per heavy atom. The van der Waals surface area contributed by atoms with Gasteiger partial charge in [-0.3, -0.25) is 24.6 Å². The van der Waals surface area contributed by atoms with Gasteiger partial charge in [0.25, 0.3) is 11.8 Å². The normalized spacial score (nSPS) is 14.2. The highest BCUT2D eigenvalue weighted by Gasteiger charge is 2.33. The number of aromatic nitrogens is 1. The van der Waals surface area contributed by atoms with Crippen LogP contribution >= 0.6 is 0 Å². The van der Waals surface area contributed by atoms with E-state index in [0.717, 1.165) is 0 Å². The second-order valence-electron chi connectivity index (χ2n) is 5.84. The first-order valence-corrected chi connectivity index (χ1v) is 7.90. The van der Waals surface area contributed by atoms with Gasteiger partial charge in [-0.1, -0.05) is 29.9 Å². The third-order valence-electron chi connectivity index (χ3n) is 3.88. The number of nitrogens with zero attached hydrogens (tertiary/aromatic N) is 2. The standard InChI is InChI=1S/C18H17N3O5/c1-10-8-15(26-20-10)19-17(23)12(3)25-16(22)9-21-11(2)13-6-4-5-7-14(13)18(21)24/h4-8,12H,2,9H2,1,3H3,(H,19,23). The van der Waals surface area contributed by atoms with E-state index in [2.05, 4.69) is 17.1 Å². The van der Waals surface area contributed by atoms with E-state index >= 15 is 0 Å². The van der Waals surface area contributed by atoms with Crippen LogP contribution in [0.15, 0.2) is 41.4 Å². The third kappa shape index (κ3) is 3.34. The zero-order valence-corrected chi connectivity index (χ0v) is 14.3. The molecule has 8 nitrogen and oxygen atoms in total. The average Bonchev–Trinajstić information content (AvgIpc) is 3.12. The SMILES string of the molecule is C=C1c2ccccc2C(=O)N1CC(=O)OC(C)C(=O)Nc1cc(C)no1. The number of benzene rings is 1. The minimum Gasteiger partial charge on any atom is -0.451 e. The summed E-state index contributed by atoms with van der Waals surface area (Å²) in [6.45, 7) is 6.65. The van der Waals surface area contributed by atoms with Gasteiger partial charge in [-0.25, -0.2) is 0 Å². The quantitative estimate of drug-likeness (QED) is 0.823. The molecular weight excluding hydrogens is 338 g/mol. The molecule has 0 saturated heterocycles. The van der Waals surface area contributed by atoms with Crippen molar-refractivity contribution in [3.8, 4) is 0 Å². The van der Waals surface area contributed by atoms with Crippen LogP contribution in [0.2, 0.25) is 0 Å². The van der Waals surface area contributed by atoms with E-state index in [-0.39, 0.29) is 18.3 Å². The van der Waals surface area contributed by atoms with Crippen molar-refractivity contribution in [3.63, 3.8) is 0 Å². The molecule has 0 saturated carbocycles. The van der Waals surface area contributed by atoms with Crippen LogP contribution in [0.1, 0.15) is 28.5 Å². The topological polar surface area (TPSA) is 102 Å². The Kier molecular flexibility index (Phi) is 4.57. The molecule has 8 heteroatoms. The Morgan fingerprint density at radius 1 is 1.35 bits per heavy atom. The Hall–Kier alpha value is -3.42. The number of carbonyl (C=O) groups is 3. The van der Waals surface area contributed by atoms with Crippen LogP contribution in [-0.4, -0.2) is 40.5 Å². The van der Waals surface area contributed by atoms with Crippen LogP contribution in [0, 0.1) is 6.92 Å². The van der Waals surface area contributed by atoms with Gasteiger partial charge >= 0.3 is 5.97 Å². The molecule has 1 aliphatic heterocycles. The number of carbonyl (C=O) groups excluding carboxylic acids is 3. The van der Waals surface area contributed by atoms with Crippen LogP contribution in [0.4, 0.5) is 5.88 Å². The van der Waals surface area contributed by atoms with Crippen molar-refractivity contribution in [2.24, 2.45) is 0 Å². The Labute approximate surface area is 149 Å². The van der Waals surface area contributed by atoms with E-state index in [9.17, 15) is 14.4 Å². The zero-order valence-electron chi connectivity index (χ0n) is 14.3. The molecule has 0 spiro atoms. The molecule has 3 rings (SSSR count). The van der Waals surface area contributed by atoms with Gasteiger partial charge in [-0.05, 0) is 19.9 Å². The number of nitrogens with one attached hydrogen (secondary N) is 1.